The summed E-state index contributed by atoms with van der Waals surface area (Å²) in [5, 5.41) is 5.95. The second-order valence-electron chi connectivity index (χ2n) is 7.29. The van der Waals surface area contributed by atoms with Gasteiger partial charge in [-0.1, -0.05) is 42.5 Å². The molecule has 1 aliphatic rings. The molecule has 1 unspecified atom stereocenters. The molecule has 0 aromatic heterocycles. The summed E-state index contributed by atoms with van der Waals surface area (Å²) in [6, 6.07) is 15.1. The molecular weight excluding hydrogens is 336 g/mol. The van der Waals surface area contributed by atoms with Crippen molar-refractivity contribution in [3.8, 4) is 0 Å². The quantitative estimate of drug-likeness (QED) is 0.610. The van der Waals surface area contributed by atoms with Crippen molar-refractivity contribution in [1.29, 1.82) is 0 Å². The van der Waals surface area contributed by atoms with Crippen LogP contribution < -0.4 is 11.1 Å². The van der Waals surface area contributed by atoms with Gasteiger partial charge in [-0.15, -0.1) is 0 Å². The zero-order valence-corrected chi connectivity index (χ0v) is 16.2. The van der Waals surface area contributed by atoms with Gasteiger partial charge >= 0.3 is 0 Å². The molecule has 3 N–H and O–H groups in total. The molecule has 144 valence electrons. The summed E-state index contributed by atoms with van der Waals surface area (Å²) in [7, 11) is 0. The van der Waals surface area contributed by atoms with Gasteiger partial charge in [0.2, 0.25) is 5.91 Å². The zero-order chi connectivity index (χ0) is 19.1. The van der Waals surface area contributed by atoms with E-state index in [0.29, 0.717) is 12.3 Å². The Kier molecular flexibility index (Phi) is 6.69. The van der Waals surface area contributed by atoms with E-state index >= 15 is 0 Å². The summed E-state index contributed by atoms with van der Waals surface area (Å²) in [4.78, 5) is 18.4. The number of nitrogens with one attached hydrogen (secondary N) is 1. The molecule has 1 heterocycles. The van der Waals surface area contributed by atoms with Crippen molar-refractivity contribution in [2.24, 2.45) is 16.6 Å². The molecular formula is C22H30N4O. The number of nitrogens with zero attached hydrogens (tertiary/aromatic N) is 2. The number of likely N-dealkylation sites (tertiary alicyclic amines) is 1. The van der Waals surface area contributed by atoms with Crippen molar-refractivity contribution in [1.82, 2.24) is 10.2 Å². The average molecular weight is 367 g/mol. The Morgan fingerprint density at radius 1 is 1.26 bits per heavy atom. The molecule has 2 aromatic rings. The first-order valence-corrected chi connectivity index (χ1v) is 9.95. The number of primary amides is 1. The number of carbonyl (C=O) groups is 1. The van der Waals surface area contributed by atoms with E-state index in [2.05, 4.69) is 59.6 Å². The van der Waals surface area contributed by atoms with E-state index in [1.807, 2.05) is 0 Å². The van der Waals surface area contributed by atoms with Crippen LogP contribution in [-0.2, 0) is 11.2 Å². The van der Waals surface area contributed by atoms with E-state index in [1.165, 1.54) is 16.3 Å². The van der Waals surface area contributed by atoms with Crippen LogP contribution in [0.25, 0.3) is 10.8 Å². The zero-order valence-electron chi connectivity index (χ0n) is 16.2. The number of fused-ring (bicyclic) bond motifs is 1. The summed E-state index contributed by atoms with van der Waals surface area (Å²) in [5.74, 6) is 1.08. The standard InChI is InChI=1S/C22H30N4O/c1-2-24-22(26-13-5-6-18(16-26)15-21(23)27)25-12-11-17-9-10-19-7-3-4-8-20(19)14-17/h3-4,7-10,14,18H,2,5-6,11-13,15-16H2,1H3,(H2,23,27)(H,24,25). The Hall–Kier alpha value is -2.56. The Morgan fingerprint density at radius 2 is 2.07 bits per heavy atom. The fourth-order valence-corrected chi connectivity index (χ4v) is 3.82. The number of nitrogens with two attached hydrogens (primary N) is 1. The Labute approximate surface area is 161 Å². The van der Waals surface area contributed by atoms with E-state index in [9.17, 15) is 4.79 Å². The van der Waals surface area contributed by atoms with Crippen LogP contribution in [0, 0.1) is 5.92 Å². The van der Waals surface area contributed by atoms with Crippen molar-refractivity contribution < 1.29 is 4.79 Å². The van der Waals surface area contributed by atoms with Gasteiger partial charge in [0.25, 0.3) is 0 Å². The molecule has 0 spiro atoms. The molecule has 1 amide bonds. The molecule has 27 heavy (non-hydrogen) atoms. The lowest BCUT2D eigenvalue weighted by molar-refractivity contribution is -0.119. The number of guanidine groups is 1. The first-order valence-electron chi connectivity index (χ1n) is 9.95. The van der Waals surface area contributed by atoms with Crippen LogP contribution in [0.1, 0.15) is 31.7 Å². The minimum Gasteiger partial charge on any atom is -0.370 e. The van der Waals surface area contributed by atoms with E-state index < -0.39 is 0 Å². The van der Waals surface area contributed by atoms with Crippen LogP contribution in [0.5, 0.6) is 0 Å². The number of rotatable bonds is 6. The number of piperidine rings is 1. The maximum absolute atomic E-state index is 11.2. The third-order valence-electron chi connectivity index (χ3n) is 5.12. The van der Waals surface area contributed by atoms with Gasteiger partial charge in [0.1, 0.15) is 0 Å². The SMILES string of the molecule is CCNC(=NCCc1ccc2ccccc2c1)N1CCCC(CC(N)=O)C1. The molecule has 0 aliphatic carbocycles. The number of hydrogen-bond donors (Lipinski definition) is 2. The van der Waals surface area contributed by atoms with Crippen molar-refractivity contribution in [3.63, 3.8) is 0 Å². The maximum atomic E-state index is 11.2. The number of hydrogen-bond acceptors (Lipinski definition) is 2. The van der Waals surface area contributed by atoms with Gasteiger partial charge < -0.3 is 16.0 Å². The lowest BCUT2D eigenvalue weighted by atomic mass is 9.95. The predicted molar refractivity (Wildman–Crippen MR) is 112 cm³/mol. The largest absolute Gasteiger partial charge is 0.370 e. The minimum atomic E-state index is -0.208. The molecule has 1 atom stereocenters. The maximum Gasteiger partial charge on any atom is 0.217 e. The highest BCUT2D eigenvalue weighted by atomic mass is 16.1. The van der Waals surface area contributed by atoms with Crippen LogP contribution in [0.15, 0.2) is 47.5 Å². The van der Waals surface area contributed by atoms with Gasteiger partial charge in [-0.25, -0.2) is 0 Å². The van der Waals surface area contributed by atoms with Gasteiger partial charge in [0, 0.05) is 32.6 Å². The normalized spacial score (nSPS) is 17.9. The number of benzene rings is 2. The van der Waals surface area contributed by atoms with Crippen LogP contribution in [-0.4, -0.2) is 42.9 Å². The van der Waals surface area contributed by atoms with Gasteiger partial charge in [0.15, 0.2) is 5.96 Å². The molecule has 2 aromatic carbocycles. The molecule has 1 aliphatic heterocycles. The molecule has 1 saturated heterocycles. The molecule has 0 saturated carbocycles. The summed E-state index contributed by atoms with van der Waals surface area (Å²) in [6.45, 7) is 5.51. The highest BCUT2D eigenvalue weighted by molar-refractivity contribution is 5.83. The second kappa shape index (κ2) is 9.40. The fourth-order valence-electron chi connectivity index (χ4n) is 3.82. The van der Waals surface area contributed by atoms with Crippen molar-refractivity contribution in [2.45, 2.75) is 32.6 Å². The monoisotopic (exact) mass is 366 g/mol. The lowest BCUT2D eigenvalue weighted by Gasteiger charge is -2.34. The Morgan fingerprint density at radius 3 is 2.85 bits per heavy atom. The minimum absolute atomic E-state index is 0.208. The van der Waals surface area contributed by atoms with Crippen LogP contribution in [0.2, 0.25) is 0 Å². The lowest BCUT2D eigenvalue weighted by Crippen LogP contribution is -2.47. The van der Waals surface area contributed by atoms with E-state index in [4.69, 9.17) is 10.7 Å². The van der Waals surface area contributed by atoms with Gasteiger partial charge in [0.05, 0.1) is 0 Å². The highest BCUT2D eigenvalue weighted by Crippen LogP contribution is 2.20. The van der Waals surface area contributed by atoms with Crippen LogP contribution >= 0.6 is 0 Å². The smallest absolute Gasteiger partial charge is 0.217 e. The van der Waals surface area contributed by atoms with Gasteiger partial charge in [-0.05, 0) is 48.4 Å². The van der Waals surface area contributed by atoms with Crippen LogP contribution in [0.4, 0.5) is 0 Å². The van der Waals surface area contributed by atoms with Crippen LogP contribution in [0.3, 0.4) is 0 Å². The van der Waals surface area contributed by atoms with Gasteiger partial charge in [-0.3, -0.25) is 9.79 Å². The third kappa shape index (κ3) is 5.46. The third-order valence-corrected chi connectivity index (χ3v) is 5.12. The van der Waals surface area contributed by atoms with E-state index in [-0.39, 0.29) is 5.91 Å². The fraction of sp³-hybridized carbons (Fsp3) is 0.455. The van der Waals surface area contributed by atoms with E-state index in [0.717, 1.165) is 51.4 Å². The summed E-state index contributed by atoms with van der Waals surface area (Å²) in [6.07, 6.45) is 3.52. The first kappa shape index (κ1) is 19.2. The number of amides is 1. The molecule has 0 bridgehead atoms. The Balaban J connectivity index is 1.63. The molecule has 3 rings (SSSR count). The number of aliphatic imine (C=N–C) groups is 1. The highest BCUT2D eigenvalue weighted by Gasteiger charge is 2.23. The van der Waals surface area contributed by atoms with Gasteiger partial charge in [-0.2, -0.15) is 0 Å². The Bertz CT molecular complexity index is 802. The van der Waals surface area contributed by atoms with Crippen molar-refractivity contribution in [2.75, 3.05) is 26.2 Å². The van der Waals surface area contributed by atoms with E-state index in [1.54, 1.807) is 0 Å². The average Bonchev–Trinajstić information content (AvgIpc) is 2.67. The first-order chi connectivity index (χ1) is 13.2. The summed E-state index contributed by atoms with van der Waals surface area (Å²) in [5.41, 5.74) is 6.69. The number of carbonyl (C=O) groups excluding carboxylic acids is 1. The predicted octanol–water partition coefficient (Wildman–Crippen LogP) is 2.94. The molecule has 5 nitrogen and oxygen atoms in total. The summed E-state index contributed by atoms with van der Waals surface area (Å²) >= 11 is 0. The molecule has 1 fully saturated rings. The van der Waals surface area contributed by atoms with Crippen molar-refractivity contribution in [3.05, 3.63) is 48.0 Å². The topological polar surface area (TPSA) is 70.7 Å². The second-order valence-corrected chi connectivity index (χ2v) is 7.29. The molecule has 5 heteroatoms. The van der Waals surface area contributed by atoms with Crippen molar-refractivity contribution >= 4 is 22.6 Å². The summed E-state index contributed by atoms with van der Waals surface area (Å²) < 4.78 is 0. The molecule has 0 radical (unpaired) electrons.